The average Bonchev–Trinajstić information content (AvgIpc) is 3.43. The van der Waals surface area contributed by atoms with Crippen LogP contribution in [-0.4, -0.2) is 54.9 Å². The highest BCUT2D eigenvalue weighted by Gasteiger charge is 2.71. The second kappa shape index (κ2) is 9.59. The maximum atomic E-state index is 15.4. The Morgan fingerprint density at radius 1 is 1.32 bits per heavy atom. The van der Waals surface area contributed by atoms with Crippen molar-refractivity contribution in [2.45, 2.75) is 49.5 Å². The molecule has 1 aromatic carbocycles. The van der Waals surface area contributed by atoms with Crippen LogP contribution in [0, 0.1) is 29.9 Å². The Hall–Kier alpha value is -3.98. The molecular weight excluding hydrogens is 536 g/mol. The number of nitrogens with two attached hydrogens (primary N) is 1. The monoisotopic (exact) mass is 563 g/mol. The van der Waals surface area contributed by atoms with Gasteiger partial charge in [0, 0.05) is 42.5 Å². The number of aliphatic imine (C=N–C) groups is 1. The number of hydrogen-bond acceptors (Lipinski definition) is 9. The number of hydrogen-bond donors (Lipinski definition) is 2. The van der Waals surface area contributed by atoms with Gasteiger partial charge in [0.05, 0.1) is 17.3 Å². The lowest BCUT2D eigenvalue weighted by molar-refractivity contribution is -0.130. The van der Waals surface area contributed by atoms with E-state index in [1.54, 1.807) is 19.9 Å². The van der Waals surface area contributed by atoms with Crippen LogP contribution in [0.15, 0.2) is 35.6 Å². The first-order valence-corrected chi connectivity index (χ1v) is 13.8. The number of ether oxygens (including phenoxy) is 1. The summed E-state index contributed by atoms with van der Waals surface area (Å²) >= 11 is 1.24. The van der Waals surface area contributed by atoms with E-state index in [2.05, 4.69) is 31.2 Å². The van der Waals surface area contributed by atoms with E-state index in [-0.39, 0.29) is 39.9 Å². The first kappa shape index (κ1) is 26.3. The van der Waals surface area contributed by atoms with E-state index in [1.165, 1.54) is 30.2 Å². The molecule has 4 heterocycles. The highest BCUT2D eigenvalue weighted by atomic mass is 32.2. The number of nitrogens with zero attached hydrogens (tertiary/aromatic N) is 5. The molecule has 3 N–H and O–H groups in total. The summed E-state index contributed by atoms with van der Waals surface area (Å²) in [5.74, 6) is 0.578. The molecule has 6 rings (SSSR count). The maximum absolute atomic E-state index is 15.4. The number of amidine groups is 1. The minimum atomic E-state index is -1.24. The predicted octanol–water partition coefficient (Wildman–Crippen LogP) is 4.10. The Labute approximate surface area is 234 Å². The third-order valence-corrected chi connectivity index (χ3v) is 9.07. The van der Waals surface area contributed by atoms with Crippen LogP contribution in [-0.2, 0) is 10.3 Å². The number of rotatable bonds is 6. The Balaban J connectivity index is 1.34. The standard InChI is InChI=1S/C28H27F2N7O2S/c1-4-15(2)39-21-14-33-23-19(35-21)7-8-32-24(23)34-16-11-17(22(30)18(29)12-16)27(3)20-13-28(20,40-26(31)36-27)25(38)37-9-5-6-10-37/h1,7-8,11-12,14-15,20H,5-6,9-10,13H2,2-3H3,(H2,31,36)(H,32,34)/t15-,20-,27+,28-/m0/s1. The van der Waals surface area contributed by atoms with Crippen LogP contribution in [0.1, 0.15) is 38.7 Å². The lowest BCUT2D eigenvalue weighted by Gasteiger charge is -2.35. The van der Waals surface area contributed by atoms with Gasteiger partial charge in [-0.3, -0.25) is 9.79 Å². The summed E-state index contributed by atoms with van der Waals surface area (Å²) in [4.78, 5) is 33.1. The van der Waals surface area contributed by atoms with Crippen LogP contribution in [0.4, 0.5) is 20.3 Å². The zero-order valence-electron chi connectivity index (χ0n) is 21.9. The molecule has 206 valence electrons. The van der Waals surface area contributed by atoms with Crippen molar-refractivity contribution in [3.63, 3.8) is 0 Å². The number of carbonyl (C=O) groups is 1. The van der Waals surface area contributed by atoms with Crippen LogP contribution in [0.3, 0.4) is 0 Å². The molecule has 40 heavy (non-hydrogen) atoms. The number of halogens is 2. The molecule has 1 amide bonds. The van der Waals surface area contributed by atoms with Crippen molar-refractivity contribution < 1.29 is 18.3 Å². The molecule has 1 saturated carbocycles. The number of thioether (sulfide) groups is 1. The average molecular weight is 564 g/mol. The first-order valence-electron chi connectivity index (χ1n) is 13.0. The van der Waals surface area contributed by atoms with Gasteiger partial charge in [-0.25, -0.2) is 23.7 Å². The lowest BCUT2D eigenvalue weighted by atomic mass is 9.85. The van der Waals surface area contributed by atoms with Crippen molar-refractivity contribution in [2.24, 2.45) is 16.6 Å². The van der Waals surface area contributed by atoms with Crippen molar-refractivity contribution in [2.75, 3.05) is 18.4 Å². The van der Waals surface area contributed by atoms with Crippen molar-refractivity contribution in [1.82, 2.24) is 19.9 Å². The van der Waals surface area contributed by atoms with Crippen LogP contribution in [0.25, 0.3) is 11.0 Å². The summed E-state index contributed by atoms with van der Waals surface area (Å²) in [7, 11) is 0. The smallest absolute Gasteiger partial charge is 0.239 e. The third kappa shape index (κ3) is 4.29. The van der Waals surface area contributed by atoms with E-state index in [0.717, 1.165) is 18.9 Å². The number of benzene rings is 1. The maximum Gasteiger partial charge on any atom is 0.239 e. The quantitative estimate of drug-likeness (QED) is 0.431. The molecule has 2 aliphatic heterocycles. The summed E-state index contributed by atoms with van der Waals surface area (Å²) in [6, 6.07) is 4.19. The Morgan fingerprint density at radius 2 is 2.10 bits per heavy atom. The van der Waals surface area contributed by atoms with Crippen LogP contribution >= 0.6 is 11.8 Å². The molecule has 2 fully saturated rings. The highest BCUT2D eigenvalue weighted by molar-refractivity contribution is 8.15. The van der Waals surface area contributed by atoms with Gasteiger partial charge in [0.15, 0.2) is 28.7 Å². The molecule has 12 heteroatoms. The SMILES string of the molecule is C#C[C@H](C)Oc1cnc2c(Nc3cc(F)c(F)c([C@@]4(C)N=C(N)S[C@@]5(C(=O)N6CCCC6)C[C@H]54)c3)nccc2n1. The van der Waals surface area contributed by atoms with Crippen molar-refractivity contribution in [3.8, 4) is 18.2 Å². The normalized spacial score (nSPS) is 26.0. The summed E-state index contributed by atoms with van der Waals surface area (Å²) in [6.07, 6.45) is 10.2. The first-order chi connectivity index (χ1) is 19.1. The van der Waals surface area contributed by atoms with Crippen molar-refractivity contribution in [1.29, 1.82) is 0 Å². The van der Waals surface area contributed by atoms with E-state index in [0.29, 0.717) is 30.5 Å². The van der Waals surface area contributed by atoms with E-state index in [4.69, 9.17) is 16.9 Å². The molecule has 0 radical (unpaired) electrons. The third-order valence-electron chi connectivity index (χ3n) is 7.78. The van der Waals surface area contributed by atoms with Crippen molar-refractivity contribution >= 4 is 45.4 Å². The molecule has 9 nitrogen and oxygen atoms in total. The number of likely N-dealkylation sites (tertiary alicyclic amines) is 1. The Morgan fingerprint density at radius 3 is 2.85 bits per heavy atom. The van der Waals surface area contributed by atoms with E-state index in [1.807, 2.05) is 4.90 Å². The minimum absolute atomic E-state index is 0.00208. The molecule has 0 spiro atoms. The van der Waals surface area contributed by atoms with Gasteiger partial charge in [0.1, 0.15) is 10.3 Å². The highest BCUT2D eigenvalue weighted by Crippen LogP contribution is 2.66. The fourth-order valence-electron chi connectivity index (χ4n) is 5.70. The van der Waals surface area contributed by atoms with E-state index >= 15 is 8.78 Å². The fourth-order valence-corrected chi connectivity index (χ4v) is 7.15. The van der Waals surface area contributed by atoms with E-state index in [9.17, 15) is 4.79 Å². The van der Waals surface area contributed by atoms with E-state index < -0.39 is 28.0 Å². The number of fused-ring (bicyclic) bond motifs is 2. The lowest BCUT2D eigenvalue weighted by Crippen LogP contribution is -2.45. The number of terminal acetylenes is 1. The molecule has 4 atom stereocenters. The summed E-state index contributed by atoms with van der Waals surface area (Å²) in [5, 5.41) is 3.23. The number of amides is 1. The Bertz CT molecular complexity index is 1610. The zero-order chi connectivity index (χ0) is 28.2. The van der Waals surface area contributed by atoms with Crippen LogP contribution in [0.2, 0.25) is 0 Å². The number of carbonyl (C=O) groups excluding carboxylic acids is 1. The van der Waals surface area contributed by atoms with Gasteiger partial charge in [0.2, 0.25) is 11.8 Å². The predicted molar refractivity (Wildman–Crippen MR) is 149 cm³/mol. The van der Waals surface area contributed by atoms with Crippen LogP contribution < -0.4 is 15.8 Å². The zero-order valence-corrected chi connectivity index (χ0v) is 22.8. The largest absolute Gasteiger partial charge is 0.460 e. The minimum Gasteiger partial charge on any atom is -0.460 e. The van der Waals surface area contributed by atoms with Crippen molar-refractivity contribution in [3.05, 3.63) is 47.8 Å². The van der Waals surface area contributed by atoms with Gasteiger partial charge in [0.25, 0.3) is 0 Å². The summed E-state index contributed by atoms with van der Waals surface area (Å²) in [5.41, 5.74) is 6.10. The number of anilines is 2. The Kier molecular flexibility index (Phi) is 6.29. The number of aromatic nitrogens is 3. The molecule has 2 aromatic heterocycles. The van der Waals surface area contributed by atoms with Gasteiger partial charge in [-0.2, -0.15) is 0 Å². The molecule has 1 saturated heterocycles. The molecule has 0 bridgehead atoms. The second-order valence-electron chi connectivity index (χ2n) is 10.5. The number of pyridine rings is 1. The molecule has 3 aliphatic rings. The summed E-state index contributed by atoms with van der Waals surface area (Å²) < 4.78 is 35.2. The summed E-state index contributed by atoms with van der Waals surface area (Å²) in [6.45, 7) is 4.82. The molecule has 3 aromatic rings. The molecule has 0 unspecified atom stereocenters. The second-order valence-corrected chi connectivity index (χ2v) is 11.8. The molecular formula is C28H27F2N7O2S. The van der Waals surface area contributed by atoms with Gasteiger partial charge in [-0.1, -0.05) is 17.7 Å². The van der Waals surface area contributed by atoms with Gasteiger partial charge in [-0.15, -0.1) is 6.42 Å². The van der Waals surface area contributed by atoms with Gasteiger partial charge >= 0.3 is 0 Å². The van der Waals surface area contributed by atoms with Crippen LogP contribution in [0.5, 0.6) is 5.88 Å². The topological polar surface area (TPSA) is 119 Å². The van der Waals surface area contributed by atoms with Gasteiger partial charge in [-0.05, 0) is 45.2 Å². The molecule has 1 aliphatic carbocycles. The fraction of sp³-hybridized carbons (Fsp3) is 0.393. The number of nitrogens with one attached hydrogen (secondary N) is 1. The van der Waals surface area contributed by atoms with Gasteiger partial charge < -0.3 is 20.7 Å².